The molecule has 1 saturated heterocycles. The minimum atomic E-state index is 0.175. The molecule has 0 N–H and O–H groups in total. The molecule has 0 radical (unpaired) electrons. The Labute approximate surface area is 133 Å². The van der Waals surface area contributed by atoms with Crippen LogP contribution in [0.25, 0.3) is 5.65 Å². The third-order valence-corrected chi connectivity index (χ3v) is 5.25. The number of piperidine rings is 1. The number of fused-ring (bicyclic) bond motifs is 1. The van der Waals surface area contributed by atoms with Crippen LogP contribution in [0.4, 0.5) is 0 Å². The molecule has 4 heterocycles. The first kappa shape index (κ1) is 13.5. The van der Waals surface area contributed by atoms with Crippen LogP contribution >= 0.6 is 11.3 Å². The van der Waals surface area contributed by atoms with Gasteiger partial charge in [-0.3, -0.25) is 4.79 Å². The first-order chi connectivity index (χ1) is 10.8. The van der Waals surface area contributed by atoms with Crippen molar-refractivity contribution in [3.8, 4) is 0 Å². The van der Waals surface area contributed by atoms with Gasteiger partial charge in [0.2, 0.25) is 0 Å². The van der Waals surface area contributed by atoms with Crippen molar-refractivity contribution < 1.29 is 4.79 Å². The van der Waals surface area contributed by atoms with Crippen molar-refractivity contribution >= 4 is 22.9 Å². The highest BCUT2D eigenvalue weighted by atomic mass is 32.1. The van der Waals surface area contributed by atoms with Gasteiger partial charge in [-0.25, -0.2) is 4.98 Å². The molecule has 0 aliphatic carbocycles. The first-order valence-electron chi connectivity index (χ1n) is 7.58. The largest absolute Gasteiger partial charge is 0.338 e. The van der Waals surface area contributed by atoms with Crippen LogP contribution in [-0.2, 0) is 0 Å². The van der Waals surface area contributed by atoms with Crippen LogP contribution in [0, 0.1) is 0 Å². The Bertz CT molecular complexity index is 785. The van der Waals surface area contributed by atoms with Crippen LogP contribution in [0.3, 0.4) is 0 Å². The second-order valence-electron chi connectivity index (χ2n) is 5.65. The minimum Gasteiger partial charge on any atom is -0.338 e. The molecular weight excluding hydrogens is 294 g/mol. The van der Waals surface area contributed by atoms with Crippen LogP contribution in [0.15, 0.2) is 48.1 Å². The minimum absolute atomic E-state index is 0.175. The maximum atomic E-state index is 12.4. The summed E-state index contributed by atoms with van der Waals surface area (Å²) in [6, 6.07) is 10.1. The van der Waals surface area contributed by atoms with Gasteiger partial charge in [0.25, 0.3) is 5.91 Å². The summed E-state index contributed by atoms with van der Waals surface area (Å²) in [7, 11) is 0. The first-order valence-corrected chi connectivity index (χ1v) is 8.45. The van der Waals surface area contributed by atoms with Crippen molar-refractivity contribution in [3.63, 3.8) is 0 Å². The average molecular weight is 311 g/mol. The molecule has 0 atom stereocenters. The molecule has 0 unspecified atom stereocenters. The number of likely N-dealkylation sites (tertiary alicyclic amines) is 1. The Kier molecular flexibility index (Phi) is 3.42. The van der Waals surface area contributed by atoms with Crippen molar-refractivity contribution in [1.82, 2.24) is 14.3 Å². The molecule has 1 aliphatic rings. The number of hydrogen-bond acceptors (Lipinski definition) is 3. The number of pyridine rings is 1. The van der Waals surface area contributed by atoms with Crippen LogP contribution < -0.4 is 0 Å². The van der Waals surface area contributed by atoms with Crippen molar-refractivity contribution in [2.24, 2.45) is 0 Å². The van der Waals surface area contributed by atoms with E-state index < -0.39 is 0 Å². The highest BCUT2D eigenvalue weighted by Crippen LogP contribution is 2.29. The number of aromatic nitrogens is 2. The molecule has 1 aliphatic heterocycles. The van der Waals surface area contributed by atoms with Gasteiger partial charge in [-0.1, -0.05) is 12.1 Å². The van der Waals surface area contributed by atoms with Gasteiger partial charge in [0.05, 0.1) is 4.88 Å². The lowest BCUT2D eigenvalue weighted by atomic mass is 9.92. The predicted molar refractivity (Wildman–Crippen MR) is 87.4 cm³/mol. The van der Waals surface area contributed by atoms with Gasteiger partial charge < -0.3 is 9.30 Å². The summed E-state index contributed by atoms with van der Waals surface area (Å²) in [5, 5.41) is 1.96. The summed E-state index contributed by atoms with van der Waals surface area (Å²) in [5.74, 6) is 0.666. The van der Waals surface area contributed by atoms with E-state index >= 15 is 0 Å². The van der Waals surface area contributed by atoms with E-state index in [1.165, 1.54) is 17.0 Å². The zero-order valence-electron chi connectivity index (χ0n) is 12.2. The van der Waals surface area contributed by atoms with Gasteiger partial charge in [0.1, 0.15) is 5.65 Å². The van der Waals surface area contributed by atoms with Crippen molar-refractivity contribution in [1.29, 1.82) is 0 Å². The van der Waals surface area contributed by atoms with E-state index in [1.54, 1.807) is 0 Å². The fourth-order valence-corrected chi connectivity index (χ4v) is 3.93. The van der Waals surface area contributed by atoms with Crippen molar-refractivity contribution in [2.75, 3.05) is 13.1 Å². The van der Waals surface area contributed by atoms with Gasteiger partial charge in [0.15, 0.2) is 0 Å². The summed E-state index contributed by atoms with van der Waals surface area (Å²) >= 11 is 1.52. The normalized spacial score (nSPS) is 16.3. The quantitative estimate of drug-likeness (QED) is 0.727. The summed E-state index contributed by atoms with van der Waals surface area (Å²) < 4.78 is 2.17. The monoisotopic (exact) mass is 311 g/mol. The van der Waals surface area contributed by atoms with E-state index in [9.17, 15) is 4.79 Å². The Morgan fingerprint density at radius 1 is 1.18 bits per heavy atom. The van der Waals surface area contributed by atoms with Crippen molar-refractivity contribution in [2.45, 2.75) is 18.8 Å². The second kappa shape index (κ2) is 5.57. The molecule has 112 valence electrons. The molecule has 4 nitrogen and oxygen atoms in total. The smallest absolute Gasteiger partial charge is 0.263 e. The van der Waals surface area contributed by atoms with Crippen LogP contribution in [-0.4, -0.2) is 33.3 Å². The lowest BCUT2D eigenvalue weighted by Gasteiger charge is -2.32. The zero-order chi connectivity index (χ0) is 14.9. The average Bonchev–Trinajstić information content (AvgIpc) is 3.25. The Balaban J connectivity index is 1.50. The summed E-state index contributed by atoms with van der Waals surface area (Å²) in [6.45, 7) is 1.65. The lowest BCUT2D eigenvalue weighted by molar-refractivity contribution is 0.0717. The highest BCUT2D eigenvalue weighted by molar-refractivity contribution is 7.12. The highest BCUT2D eigenvalue weighted by Gasteiger charge is 2.26. The standard InChI is InChI=1S/C17H17N3OS/c21-17(15-4-2-12-22-15)19-9-6-13(7-10-19)14-3-1-5-16-18-8-11-20(14)16/h1-5,8,11-13H,6-7,9-10H2. The van der Waals surface area contributed by atoms with Crippen molar-refractivity contribution in [3.05, 3.63) is 58.7 Å². The molecule has 0 aromatic carbocycles. The molecule has 1 fully saturated rings. The molecule has 0 saturated carbocycles. The second-order valence-corrected chi connectivity index (χ2v) is 6.60. The number of carbonyl (C=O) groups excluding carboxylic acids is 1. The van der Waals surface area contributed by atoms with E-state index in [-0.39, 0.29) is 5.91 Å². The lowest BCUT2D eigenvalue weighted by Crippen LogP contribution is -2.37. The van der Waals surface area contributed by atoms with Gasteiger partial charge in [-0.15, -0.1) is 11.3 Å². The maximum Gasteiger partial charge on any atom is 0.263 e. The summed E-state index contributed by atoms with van der Waals surface area (Å²) in [6.07, 6.45) is 5.88. The fraction of sp³-hybridized carbons (Fsp3) is 0.294. The fourth-order valence-electron chi connectivity index (χ4n) is 3.24. The number of thiophene rings is 1. The van der Waals surface area contributed by atoms with Gasteiger partial charge in [0, 0.05) is 37.1 Å². The van der Waals surface area contributed by atoms with E-state index in [0.29, 0.717) is 5.92 Å². The molecule has 5 heteroatoms. The SMILES string of the molecule is O=C(c1cccs1)N1CCC(c2cccc3nccn23)CC1. The number of hydrogen-bond donors (Lipinski definition) is 0. The number of imidazole rings is 1. The Hall–Kier alpha value is -2.14. The van der Waals surface area contributed by atoms with Crippen LogP contribution in [0.5, 0.6) is 0 Å². The number of carbonyl (C=O) groups is 1. The molecule has 22 heavy (non-hydrogen) atoms. The summed E-state index contributed by atoms with van der Waals surface area (Å²) in [4.78, 5) is 19.6. The van der Waals surface area contributed by atoms with E-state index in [2.05, 4.69) is 21.5 Å². The predicted octanol–water partition coefficient (Wildman–Crippen LogP) is 3.42. The molecule has 4 rings (SSSR count). The number of rotatable bonds is 2. The number of nitrogens with zero attached hydrogens (tertiary/aromatic N) is 3. The van der Waals surface area contributed by atoms with E-state index in [1.807, 2.05) is 40.9 Å². The van der Waals surface area contributed by atoms with Gasteiger partial charge in [-0.05, 0) is 36.4 Å². The maximum absolute atomic E-state index is 12.4. The summed E-state index contributed by atoms with van der Waals surface area (Å²) in [5.41, 5.74) is 2.30. The molecule has 3 aromatic rings. The molecular formula is C17H17N3OS. The molecule has 3 aromatic heterocycles. The molecule has 0 bridgehead atoms. The zero-order valence-corrected chi connectivity index (χ0v) is 13.0. The van der Waals surface area contributed by atoms with Crippen LogP contribution in [0.1, 0.15) is 34.1 Å². The van der Waals surface area contributed by atoms with E-state index in [0.717, 1.165) is 36.5 Å². The third kappa shape index (κ3) is 2.31. The van der Waals surface area contributed by atoms with Gasteiger partial charge in [-0.2, -0.15) is 0 Å². The number of amides is 1. The topological polar surface area (TPSA) is 37.6 Å². The van der Waals surface area contributed by atoms with E-state index in [4.69, 9.17) is 0 Å². The molecule has 0 spiro atoms. The van der Waals surface area contributed by atoms with Gasteiger partial charge >= 0.3 is 0 Å². The van der Waals surface area contributed by atoms with Crippen LogP contribution in [0.2, 0.25) is 0 Å². The molecule has 1 amide bonds. The third-order valence-electron chi connectivity index (χ3n) is 4.39. The Morgan fingerprint density at radius 2 is 2.05 bits per heavy atom. The Morgan fingerprint density at radius 3 is 2.82 bits per heavy atom.